The standard InChI is InChI=1S/C19H31NO4S/c1-5-9-14(7-3)16(10-6-2)19(21)20-15-11-12-18(25(22)23)17(13-15)24-8-4/h11-14,16H,5-10H2,1-4H3,(H,20,21)(H,22,23)/p-1/t14?,16-/m0/s1. The molecule has 0 spiro atoms. The van der Waals surface area contributed by atoms with Crippen molar-refractivity contribution >= 4 is 22.7 Å². The fourth-order valence-corrected chi connectivity index (χ4v) is 3.64. The van der Waals surface area contributed by atoms with Gasteiger partial charge >= 0.3 is 0 Å². The van der Waals surface area contributed by atoms with Crippen LogP contribution in [0.2, 0.25) is 0 Å². The Bertz CT molecular complexity index is 577. The average molecular weight is 369 g/mol. The normalized spacial score (nSPS) is 14.6. The van der Waals surface area contributed by atoms with E-state index in [1.165, 1.54) is 6.07 Å². The Morgan fingerprint density at radius 3 is 2.40 bits per heavy atom. The first-order valence-electron chi connectivity index (χ1n) is 9.15. The maximum atomic E-state index is 12.8. The van der Waals surface area contributed by atoms with E-state index in [4.69, 9.17) is 4.74 Å². The summed E-state index contributed by atoms with van der Waals surface area (Å²) >= 11 is -2.37. The number of hydrogen-bond acceptors (Lipinski definition) is 4. The van der Waals surface area contributed by atoms with Gasteiger partial charge in [0.25, 0.3) is 0 Å². The lowest BCUT2D eigenvalue weighted by Gasteiger charge is -2.25. The van der Waals surface area contributed by atoms with Gasteiger partial charge < -0.3 is 14.6 Å². The Hall–Kier alpha value is -1.40. The maximum absolute atomic E-state index is 12.8. The maximum Gasteiger partial charge on any atom is 0.227 e. The molecule has 142 valence electrons. The van der Waals surface area contributed by atoms with Crippen molar-refractivity contribution in [3.63, 3.8) is 0 Å². The molecule has 25 heavy (non-hydrogen) atoms. The van der Waals surface area contributed by atoms with Gasteiger partial charge in [0.15, 0.2) is 0 Å². The lowest BCUT2D eigenvalue weighted by Crippen LogP contribution is -2.29. The minimum atomic E-state index is -2.37. The SMILES string of the molecule is CCCC(CC)[C@H](CCC)C(=O)Nc1ccc(S(=O)[O-])c(OCC)c1. The van der Waals surface area contributed by atoms with Gasteiger partial charge in [0, 0.05) is 17.7 Å². The Morgan fingerprint density at radius 2 is 1.88 bits per heavy atom. The van der Waals surface area contributed by atoms with Crippen molar-refractivity contribution in [2.24, 2.45) is 11.8 Å². The smallest absolute Gasteiger partial charge is 0.227 e. The molecule has 1 rings (SSSR count). The molecule has 0 saturated heterocycles. The minimum Gasteiger partial charge on any atom is -0.768 e. The first-order chi connectivity index (χ1) is 12.0. The summed E-state index contributed by atoms with van der Waals surface area (Å²) in [6, 6.07) is 4.65. The number of amides is 1. The topological polar surface area (TPSA) is 78.5 Å². The number of benzene rings is 1. The van der Waals surface area contributed by atoms with Gasteiger partial charge in [0.05, 0.1) is 11.5 Å². The summed E-state index contributed by atoms with van der Waals surface area (Å²) in [5.41, 5.74) is 0.565. The summed E-state index contributed by atoms with van der Waals surface area (Å²) in [5.74, 6) is 0.602. The summed E-state index contributed by atoms with van der Waals surface area (Å²) in [5, 5.41) is 2.95. The van der Waals surface area contributed by atoms with E-state index in [9.17, 15) is 13.6 Å². The van der Waals surface area contributed by atoms with Crippen molar-refractivity contribution in [2.45, 2.75) is 64.7 Å². The van der Waals surface area contributed by atoms with E-state index in [-0.39, 0.29) is 22.5 Å². The number of nitrogens with one attached hydrogen (secondary N) is 1. The number of carbonyl (C=O) groups is 1. The fraction of sp³-hybridized carbons (Fsp3) is 0.632. The summed E-state index contributed by atoms with van der Waals surface area (Å²) < 4.78 is 27.9. The third-order valence-electron chi connectivity index (χ3n) is 4.38. The van der Waals surface area contributed by atoms with Gasteiger partial charge in [-0.25, -0.2) is 0 Å². The van der Waals surface area contributed by atoms with Crippen molar-refractivity contribution in [3.05, 3.63) is 18.2 Å². The van der Waals surface area contributed by atoms with Crippen LogP contribution < -0.4 is 10.1 Å². The largest absolute Gasteiger partial charge is 0.768 e. The van der Waals surface area contributed by atoms with E-state index in [1.54, 1.807) is 19.1 Å². The molecule has 0 radical (unpaired) electrons. The Balaban J connectivity index is 2.99. The highest BCUT2D eigenvalue weighted by atomic mass is 32.2. The van der Waals surface area contributed by atoms with Gasteiger partial charge in [-0.05, 0) is 48.9 Å². The molecule has 0 bridgehead atoms. The molecular formula is C19H30NO4S-. The molecule has 2 unspecified atom stereocenters. The lowest BCUT2D eigenvalue weighted by molar-refractivity contribution is -0.121. The second-order valence-electron chi connectivity index (χ2n) is 6.17. The average Bonchev–Trinajstić information content (AvgIpc) is 2.58. The second-order valence-corrected chi connectivity index (χ2v) is 7.08. The molecule has 1 aromatic rings. The van der Waals surface area contributed by atoms with Crippen LogP contribution in [0.4, 0.5) is 5.69 Å². The molecule has 1 N–H and O–H groups in total. The molecule has 5 nitrogen and oxygen atoms in total. The van der Waals surface area contributed by atoms with E-state index < -0.39 is 11.1 Å². The van der Waals surface area contributed by atoms with Gasteiger partial charge in [-0.15, -0.1) is 0 Å². The molecule has 1 amide bonds. The molecule has 0 aliphatic heterocycles. The quantitative estimate of drug-likeness (QED) is 0.583. The van der Waals surface area contributed by atoms with Crippen molar-refractivity contribution in [2.75, 3.05) is 11.9 Å². The van der Waals surface area contributed by atoms with Crippen molar-refractivity contribution < 1.29 is 18.3 Å². The molecule has 1 aromatic carbocycles. The van der Waals surface area contributed by atoms with E-state index >= 15 is 0 Å². The van der Waals surface area contributed by atoms with Crippen LogP contribution in [0.1, 0.15) is 59.8 Å². The predicted octanol–water partition coefficient (Wildman–Crippen LogP) is 4.50. The number of carbonyl (C=O) groups excluding carboxylic acids is 1. The van der Waals surface area contributed by atoms with Crippen molar-refractivity contribution in [1.29, 1.82) is 0 Å². The third kappa shape index (κ3) is 6.44. The predicted molar refractivity (Wildman–Crippen MR) is 101 cm³/mol. The van der Waals surface area contributed by atoms with Gasteiger partial charge in [-0.3, -0.25) is 9.00 Å². The molecular weight excluding hydrogens is 338 g/mol. The van der Waals surface area contributed by atoms with Crippen LogP contribution in [0.5, 0.6) is 5.75 Å². The van der Waals surface area contributed by atoms with Gasteiger partial charge in [-0.2, -0.15) is 0 Å². The highest BCUT2D eigenvalue weighted by molar-refractivity contribution is 7.79. The third-order valence-corrected chi connectivity index (χ3v) is 5.08. The summed E-state index contributed by atoms with van der Waals surface area (Å²) in [6.07, 6.45) is 4.88. The zero-order valence-corrected chi connectivity index (χ0v) is 16.5. The lowest BCUT2D eigenvalue weighted by atomic mass is 9.83. The number of ether oxygens (including phenoxy) is 1. The van der Waals surface area contributed by atoms with E-state index in [0.29, 0.717) is 18.2 Å². The monoisotopic (exact) mass is 368 g/mol. The highest BCUT2D eigenvalue weighted by Gasteiger charge is 2.26. The number of hydrogen-bond donors (Lipinski definition) is 1. The molecule has 6 heteroatoms. The Labute approximate surface area is 153 Å². The highest BCUT2D eigenvalue weighted by Crippen LogP contribution is 2.29. The van der Waals surface area contributed by atoms with E-state index in [0.717, 1.165) is 32.1 Å². The minimum absolute atomic E-state index is 0.000550. The molecule has 0 aliphatic carbocycles. The van der Waals surface area contributed by atoms with Crippen LogP contribution in [0.15, 0.2) is 23.1 Å². The van der Waals surface area contributed by atoms with Crippen molar-refractivity contribution in [3.8, 4) is 5.75 Å². The van der Waals surface area contributed by atoms with Crippen LogP contribution in [-0.4, -0.2) is 21.3 Å². The van der Waals surface area contributed by atoms with Crippen molar-refractivity contribution in [1.82, 2.24) is 0 Å². The summed E-state index contributed by atoms with van der Waals surface area (Å²) in [4.78, 5) is 12.9. The van der Waals surface area contributed by atoms with Crippen LogP contribution >= 0.6 is 0 Å². The molecule has 0 aliphatic rings. The zero-order chi connectivity index (χ0) is 18.8. The zero-order valence-electron chi connectivity index (χ0n) is 15.7. The van der Waals surface area contributed by atoms with E-state index in [1.807, 2.05) is 0 Å². The molecule has 0 saturated carbocycles. The van der Waals surface area contributed by atoms with Gasteiger partial charge in [-0.1, -0.05) is 40.0 Å². The number of rotatable bonds is 11. The first-order valence-corrected chi connectivity index (χ1v) is 10.2. The van der Waals surface area contributed by atoms with Crippen LogP contribution in [0, 0.1) is 11.8 Å². The van der Waals surface area contributed by atoms with Crippen LogP contribution in [0.3, 0.4) is 0 Å². The summed E-state index contributed by atoms with van der Waals surface area (Å²) in [6.45, 7) is 8.50. The fourth-order valence-electron chi connectivity index (χ4n) is 3.18. The first kappa shape index (κ1) is 21.6. The van der Waals surface area contributed by atoms with Gasteiger partial charge in [0.2, 0.25) is 5.91 Å². The molecule has 0 aromatic heterocycles. The molecule has 0 heterocycles. The van der Waals surface area contributed by atoms with E-state index in [2.05, 4.69) is 26.1 Å². The van der Waals surface area contributed by atoms with Gasteiger partial charge in [0.1, 0.15) is 5.75 Å². The van der Waals surface area contributed by atoms with Crippen LogP contribution in [0.25, 0.3) is 0 Å². The second kappa shape index (κ2) is 11.3. The van der Waals surface area contributed by atoms with Crippen LogP contribution in [-0.2, 0) is 15.9 Å². The molecule has 0 fully saturated rings. The number of anilines is 1. The molecule has 3 atom stereocenters. The summed E-state index contributed by atoms with van der Waals surface area (Å²) in [7, 11) is 0. The Kier molecular flexibility index (Phi) is 9.75. The Morgan fingerprint density at radius 1 is 1.20 bits per heavy atom.